The molecule has 0 aliphatic rings. The second-order valence-corrected chi connectivity index (χ2v) is 9.54. The van der Waals surface area contributed by atoms with Gasteiger partial charge in [-0.3, -0.25) is 0 Å². The molecule has 9 nitrogen and oxygen atoms in total. The van der Waals surface area contributed by atoms with E-state index in [1.54, 1.807) is 44.4 Å². The van der Waals surface area contributed by atoms with Gasteiger partial charge in [0.15, 0.2) is 11.6 Å². The van der Waals surface area contributed by atoms with Gasteiger partial charge < -0.3 is 19.4 Å². The molecule has 0 aliphatic heterocycles. The van der Waals surface area contributed by atoms with Crippen LogP contribution in [0.1, 0.15) is 32.0 Å². The number of aryl methyl sites for hydroxylation is 2. The molecule has 36 heavy (non-hydrogen) atoms. The highest BCUT2D eigenvalue weighted by Gasteiger charge is 2.22. The predicted molar refractivity (Wildman–Crippen MR) is 134 cm³/mol. The maximum Gasteiger partial charge on any atom is 0.407 e. The Morgan fingerprint density at radius 3 is 2.67 bits per heavy atom. The maximum atomic E-state index is 15.9. The number of hydrogen-bond donors (Lipinski definition) is 1. The van der Waals surface area contributed by atoms with E-state index in [0.29, 0.717) is 33.4 Å². The smallest absolute Gasteiger partial charge is 0.407 e. The van der Waals surface area contributed by atoms with Gasteiger partial charge in [0.25, 0.3) is 0 Å². The summed E-state index contributed by atoms with van der Waals surface area (Å²) in [6.07, 6.45) is 4.28. The molecular weight excluding hydrogens is 487 g/mol. The molecule has 4 rings (SSSR count). The number of benzene rings is 1. The van der Waals surface area contributed by atoms with Crippen molar-refractivity contribution in [1.29, 1.82) is 0 Å². The number of rotatable bonds is 6. The average molecular weight is 513 g/mol. The summed E-state index contributed by atoms with van der Waals surface area (Å²) >= 11 is 6.41. The van der Waals surface area contributed by atoms with Crippen molar-refractivity contribution in [1.82, 2.24) is 29.8 Å². The summed E-state index contributed by atoms with van der Waals surface area (Å²) < 4.78 is 28.7. The first-order valence-electron chi connectivity index (χ1n) is 11.2. The first-order valence-corrected chi connectivity index (χ1v) is 11.6. The molecule has 0 aliphatic carbocycles. The van der Waals surface area contributed by atoms with Gasteiger partial charge in [-0.2, -0.15) is 0 Å². The first kappa shape index (κ1) is 25.3. The molecule has 4 aromatic rings. The largest absolute Gasteiger partial charge is 0.444 e. The van der Waals surface area contributed by atoms with Crippen molar-refractivity contribution in [3.8, 4) is 22.9 Å². The lowest BCUT2D eigenvalue weighted by atomic mass is 9.97. The molecule has 1 amide bonds. The fourth-order valence-corrected chi connectivity index (χ4v) is 3.96. The molecule has 0 saturated carbocycles. The fourth-order valence-electron chi connectivity index (χ4n) is 3.73. The van der Waals surface area contributed by atoms with Crippen molar-refractivity contribution >= 4 is 28.7 Å². The quantitative estimate of drug-likeness (QED) is 0.345. The standard InChI is InChI=1S/C25H26ClFN6O3/c1-14-8-10-28-23(32-14)35-18-7-6-15(17-12-33(5)22-19(17)21(26)30-13-31-22)16(20(18)27)9-11-29-24(34)36-25(2,3)4/h6-8,10,12-13H,9,11H2,1-5H3,(H,29,34). The Kier molecular flexibility index (Phi) is 7.07. The topological polar surface area (TPSA) is 104 Å². The van der Waals surface area contributed by atoms with E-state index in [1.807, 2.05) is 13.2 Å². The summed E-state index contributed by atoms with van der Waals surface area (Å²) in [6.45, 7) is 7.22. The number of fused-ring (bicyclic) bond motifs is 1. The van der Waals surface area contributed by atoms with Crippen LogP contribution in [0.25, 0.3) is 22.2 Å². The molecule has 0 unspecified atom stereocenters. The van der Waals surface area contributed by atoms with Crippen LogP contribution in [0.5, 0.6) is 11.8 Å². The minimum Gasteiger partial charge on any atom is -0.444 e. The van der Waals surface area contributed by atoms with E-state index in [9.17, 15) is 4.79 Å². The van der Waals surface area contributed by atoms with E-state index < -0.39 is 17.5 Å². The van der Waals surface area contributed by atoms with Gasteiger partial charge in [-0.25, -0.2) is 29.1 Å². The zero-order chi connectivity index (χ0) is 26.0. The number of amides is 1. The number of nitrogens with zero attached hydrogens (tertiary/aromatic N) is 5. The molecule has 1 N–H and O–H groups in total. The van der Waals surface area contributed by atoms with Gasteiger partial charge in [0.2, 0.25) is 0 Å². The third kappa shape index (κ3) is 5.54. The van der Waals surface area contributed by atoms with Crippen LogP contribution in [-0.4, -0.2) is 42.7 Å². The monoisotopic (exact) mass is 512 g/mol. The number of halogens is 2. The van der Waals surface area contributed by atoms with Gasteiger partial charge >= 0.3 is 12.1 Å². The van der Waals surface area contributed by atoms with Crippen LogP contribution in [-0.2, 0) is 18.2 Å². The molecule has 0 atom stereocenters. The number of nitrogens with one attached hydrogen (secondary N) is 1. The SMILES string of the molecule is Cc1ccnc(Oc2ccc(-c3cn(C)c4ncnc(Cl)c34)c(CCNC(=O)OC(C)(C)C)c2F)n1. The molecular formula is C25H26ClFN6O3. The van der Waals surface area contributed by atoms with Crippen molar-refractivity contribution < 1.29 is 18.7 Å². The number of hydrogen-bond acceptors (Lipinski definition) is 7. The fraction of sp³-hybridized carbons (Fsp3) is 0.320. The molecule has 11 heteroatoms. The van der Waals surface area contributed by atoms with Crippen LogP contribution in [0, 0.1) is 12.7 Å². The minimum atomic E-state index is -0.651. The highest BCUT2D eigenvalue weighted by molar-refractivity contribution is 6.35. The van der Waals surface area contributed by atoms with Crippen LogP contribution in [0.15, 0.2) is 36.9 Å². The Hall–Kier alpha value is -3.79. The second-order valence-electron chi connectivity index (χ2n) is 9.18. The lowest BCUT2D eigenvalue weighted by molar-refractivity contribution is 0.0528. The van der Waals surface area contributed by atoms with E-state index >= 15 is 4.39 Å². The Labute approximate surface area is 212 Å². The van der Waals surface area contributed by atoms with Gasteiger partial charge in [-0.15, -0.1) is 0 Å². The number of ether oxygens (including phenoxy) is 2. The third-order valence-electron chi connectivity index (χ3n) is 5.22. The van der Waals surface area contributed by atoms with Crippen LogP contribution >= 0.6 is 11.6 Å². The predicted octanol–water partition coefficient (Wildman–Crippen LogP) is 5.39. The van der Waals surface area contributed by atoms with Gasteiger partial charge in [-0.1, -0.05) is 17.7 Å². The Bertz CT molecular complexity index is 1430. The lowest BCUT2D eigenvalue weighted by Gasteiger charge is -2.20. The zero-order valence-corrected chi connectivity index (χ0v) is 21.4. The van der Waals surface area contributed by atoms with Crippen LogP contribution < -0.4 is 10.1 Å². The highest BCUT2D eigenvalue weighted by Crippen LogP contribution is 2.38. The Morgan fingerprint density at radius 2 is 1.94 bits per heavy atom. The third-order valence-corrected chi connectivity index (χ3v) is 5.51. The number of carbonyl (C=O) groups is 1. The van der Waals surface area contributed by atoms with E-state index in [1.165, 1.54) is 18.6 Å². The van der Waals surface area contributed by atoms with Gasteiger partial charge in [0.05, 0.1) is 5.39 Å². The molecule has 0 fully saturated rings. The summed E-state index contributed by atoms with van der Waals surface area (Å²) in [4.78, 5) is 28.8. The van der Waals surface area contributed by atoms with Crippen molar-refractivity contribution in [3.63, 3.8) is 0 Å². The molecule has 1 aromatic carbocycles. The van der Waals surface area contributed by atoms with Gasteiger partial charge in [0.1, 0.15) is 22.7 Å². The van der Waals surface area contributed by atoms with Gasteiger partial charge in [0, 0.05) is 42.8 Å². The van der Waals surface area contributed by atoms with E-state index in [0.717, 1.165) is 0 Å². The molecule has 188 valence electrons. The number of alkyl carbamates (subject to hydrolysis) is 1. The lowest BCUT2D eigenvalue weighted by Crippen LogP contribution is -2.33. The maximum absolute atomic E-state index is 15.9. The van der Waals surface area contributed by atoms with Crippen molar-refractivity contribution in [2.75, 3.05) is 6.54 Å². The average Bonchev–Trinajstić information content (AvgIpc) is 3.13. The minimum absolute atomic E-state index is 0.0288. The summed E-state index contributed by atoms with van der Waals surface area (Å²) in [5, 5.41) is 3.52. The normalized spacial score (nSPS) is 11.5. The number of carbonyl (C=O) groups excluding carboxylic acids is 1. The van der Waals surface area contributed by atoms with E-state index in [-0.39, 0.29) is 29.9 Å². The zero-order valence-electron chi connectivity index (χ0n) is 20.6. The summed E-state index contributed by atoms with van der Waals surface area (Å²) in [6, 6.07) is 4.99. The molecule has 3 heterocycles. The molecule has 3 aromatic heterocycles. The van der Waals surface area contributed by atoms with Crippen molar-refractivity contribution in [2.45, 2.75) is 39.7 Å². The summed E-state index contributed by atoms with van der Waals surface area (Å²) in [7, 11) is 1.82. The molecule has 0 spiro atoms. The van der Waals surface area contributed by atoms with Crippen LogP contribution in [0.2, 0.25) is 5.15 Å². The van der Waals surface area contributed by atoms with Gasteiger partial charge in [-0.05, 0) is 51.8 Å². The number of aromatic nitrogens is 5. The van der Waals surface area contributed by atoms with Crippen molar-refractivity contribution in [3.05, 3.63) is 59.1 Å². The highest BCUT2D eigenvalue weighted by atomic mass is 35.5. The molecule has 0 saturated heterocycles. The van der Waals surface area contributed by atoms with Crippen LogP contribution in [0.4, 0.5) is 9.18 Å². The first-order chi connectivity index (χ1) is 17.0. The summed E-state index contributed by atoms with van der Waals surface area (Å²) in [5.41, 5.74) is 2.17. The second kappa shape index (κ2) is 10.1. The Balaban J connectivity index is 1.74. The molecule has 0 radical (unpaired) electrons. The van der Waals surface area contributed by atoms with Crippen molar-refractivity contribution in [2.24, 2.45) is 7.05 Å². The summed E-state index contributed by atoms with van der Waals surface area (Å²) in [5.74, 6) is -0.646. The molecule has 0 bridgehead atoms. The van der Waals surface area contributed by atoms with Crippen LogP contribution in [0.3, 0.4) is 0 Å². The van der Waals surface area contributed by atoms with E-state index in [4.69, 9.17) is 21.1 Å². The Morgan fingerprint density at radius 1 is 1.17 bits per heavy atom. The van der Waals surface area contributed by atoms with E-state index in [2.05, 4.69) is 25.3 Å².